The van der Waals surface area contributed by atoms with Crippen LogP contribution < -0.4 is 10.6 Å². The highest BCUT2D eigenvalue weighted by atomic mass is 16.2. The summed E-state index contributed by atoms with van der Waals surface area (Å²) in [6, 6.07) is -0.346. The Morgan fingerprint density at radius 1 is 1.35 bits per heavy atom. The fourth-order valence-corrected chi connectivity index (χ4v) is 2.60. The van der Waals surface area contributed by atoms with E-state index in [0.717, 1.165) is 6.42 Å². The van der Waals surface area contributed by atoms with Gasteiger partial charge >= 0.3 is 0 Å². The van der Waals surface area contributed by atoms with E-state index in [2.05, 4.69) is 31.4 Å². The molecule has 1 fully saturated rings. The first-order valence-corrected chi connectivity index (χ1v) is 6.20. The summed E-state index contributed by atoms with van der Waals surface area (Å²) < 4.78 is 0. The van der Waals surface area contributed by atoms with Crippen molar-refractivity contribution >= 4 is 11.8 Å². The van der Waals surface area contributed by atoms with E-state index < -0.39 is 0 Å². The molecule has 2 amide bonds. The topological polar surface area (TPSA) is 58.2 Å². The molecule has 0 spiro atoms. The second kappa shape index (κ2) is 4.67. The molecule has 0 radical (unpaired) electrons. The lowest BCUT2D eigenvalue weighted by atomic mass is 9.81. The van der Waals surface area contributed by atoms with Gasteiger partial charge in [0.05, 0.1) is 0 Å². The van der Waals surface area contributed by atoms with Crippen LogP contribution >= 0.6 is 0 Å². The standard InChI is InChI=1S/C13H24N2O2/c1-12(2,3)8-13(4,5)15-11(17)9-6-7-10(16)14-9/h9H,6-8H2,1-5H3,(H,14,16)(H,15,17). The maximum Gasteiger partial charge on any atom is 0.243 e. The lowest BCUT2D eigenvalue weighted by Crippen LogP contribution is -2.52. The largest absolute Gasteiger partial charge is 0.349 e. The van der Waals surface area contributed by atoms with Crippen LogP contribution in [0.4, 0.5) is 0 Å². The maximum atomic E-state index is 12.0. The first-order valence-electron chi connectivity index (χ1n) is 6.20. The zero-order valence-electron chi connectivity index (χ0n) is 11.5. The molecular weight excluding hydrogens is 216 g/mol. The van der Waals surface area contributed by atoms with E-state index >= 15 is 0 Å². The highest BCUT2D eigenvalue weighted by Crippen LogP contribution is 2.27. The van der Waals surface area contributed by atoms with Gasteiger partial charge in [0.1, 0.15) is 6.04 Å². The molecule has 1 aliphatic heterocycles. The van der Waals surface area contributed by atoms with Gasteiger partial charge in [0, 0.05) is 12.0 Å². The zero-order chi connectivity index (χ0) is 13.3. The predicted octanol–water partition coefficient (Wildman–Crippen LogP) is 1.60. The molecule has 0 aromatic rings. The van der Waals surface area contributed by atoms with E-state index in [4.69, 9.17) is 0 Å². The molecule has 1 heterocycles. The van der Waals surface area contributed by atoms with Crippen molar-refractivity contribution < 1.29 is 9.59 Å². The van der Waals surface area contributed by atoms with E-state index in [1.807, 2.05) is 13.8 Å². The van der Waals surface area contributed by atoms with Crippen molar-refractivity contribution in [3.05, 3.63) is 0 Å². The normalized spacial score (nSPS) is 21.2. The van der Waals surface area contributed by atoms with E-state index in [9.17, 15) is 9.59 Å². The third kappa shape index (κ3) is 4.75. The van der Waals surface area contributed by atoms with Gasteiger partial charge in [0.2, 0.25) is 11.8 Å². The fraction of sp³-hybridized carbons (Fsp3) is 0.846. The van der Waals surface area contributed by atoms with Crippen LogP contribution in [0.15, 0.2) is 0 Å². The summed E-state index contributed by atoms with van der Waals surface area (Å²) >= 11 is 0. The Bertz CT molecular complexity index is 316. The Morgan fingerprint density at radius 3 is 2.35 bits per heavy atom. The lowest BCUT2D eigenvalue weighted by Gasteiger charge is -2.34. The van der Waals surface area contributed by atoms with Crippen LogP contribution in [0.25, 0.3) is 0 Å². The van der Waals surface area contributed by atoms with E-state index in [1.165, 1.54) is 0 Å². The average molecular weight is 240 g/mol. The quantitative estimate of drug-likeness (QED) is 0.787. The molecule has 1 atom stereocenters. The predicted molar refractivity (Wildman–Crippen MR) is 67.5 cm³/mol. The SMILES string of the molecule is CC(C)(C)CC(C)(C)NC(=O)C1CCC(=O)N1. The van der Waals surface area contributed by atoms with Gasteiger partial charge < -0.3 is 10.6 Å². The average Bonchev–Trinajstić information content (AvgIpc) is 2.45. The zero-order valence-corrected chi connectivity index (χ0v) is 11.5. The minimum atomic E-state index is -0.346. The summed E-state index contributed by atoms with van der Waals surface area (Å²) in [7, 11) is 0. The highest BCUT2D eigenvalue weighted by Gasteiger charge is 2.32. The number of hydrogen-bond acceptors (Lipinski definition) is 2. The van der Waals surface area contributed by atoms with Crippen LogP contribution in [0, 0.1) is 5.41 Å². The number of carbonyl (C=O) groups excluding carboxylic acids is 2. The third-order valence-corrected chi connectivity index (χ3v) is 2.75. The van der Waals surface area contributed by atoms with Crippen LogP contribution in [-0.2, 0) is 9.59 Å². The van der Waals surface area contributed by atoms with Crippen LogP contribution in [0.5, 0.6) is 0 Å². The molecule has 0 aliphatic carbocycles. The molecule has 1 aliphatic rings. The second-order valence-corrected chi connectivity index (χ2v) is 6.77. The highest BCUT2D eigenvalue weighted by molar-refractivity contribution is 5.91. The van der Waals surface area contributed by atoms with Crippen molar-refractivity contribution in [1.29, 1.82) is 0 Å². The third-order valence-electron chi connectivity index (χ3n) is 2.75. The maximum absolute atomic E-state index is 12.0. The van der Waals surface area contributed by atoms with Crippen molar-refractivity contribution in [2.75, 3.05) is 0 Å². The Morgan fingerprint density at radius 2 is 1.94 bits per heavy atom. The molecule has 4 nitrogen and oxygen atoms in total. The summed E-state index contributed by atoms with van der Waals surface area (Å²) in [6.45, 7) is 10.5. The molecule has 2 N–H and O–H groups in total. The van der Waals surface area contributed by atoms with Crippen molar-refractivity contribution in [1.82, 2.24) is 10.6 Å². The van der Waals surface area contributed by atoms with Crippen molar-refractivity contribution in [2.24, 2.45) is 5.41 Å². The Balaban J connectivity index is 2.52. The summed E-state index contributed by atoms with van der Waals surface area (Å²) in [4.78, 5) is 23.0. The number of carbonyl (C=O) groups is 2. The van der Waals surface area contributed by atoms with Gasteiger partial charge in [-0.25, -0.2) is 0 Å². The smallest absolute Gasteiger partial charge is 0.243 e. The van der Waals surface area contributed by atoms with Crippen molar-refractivity contribution in [3.8, 4) is 0 Å². The van der Waals surface area contributed by atoms with Crippen LogP contribution in [-0.4, -0.2) is 23.4 Å². The number of hydrogen-bond donors (Lipinski definition) is 2. The van der Waals surface area contributed by atoms with Crippen LogP contribution in [0.3, 0.4) is 0 Å². The first kappa shape index (κ1) is 14.0. The molecule has 0 saturated carbocycles. The Labute approximate surface area is 104 Å². The number of nitrogens with one attached hydrogen (secondary N) is 2. The van der Waals surface area contributed by atoms with Crippen molar-refractivity contribution in [3.63, 3.8) is 0 Å². The van der Waals surface area contributed by atoms with Gasteiger partial charge in [-0.2, -0.15) is 0 Å². The van der Waals surface area contributed by atoms with Gasteiger partial charge in [-0.1, -0.05) is 20.8 Å². The molecule has 0 bridgehead atoms. The minimum absolute atomic E-state index is 0.0289. The van der Waals surface area contributed by atoms with Crippen LogP contribution in [0.1, 0.15) is 53.9 Å². The number of amides is 2. The lowest BCUT2D eigenvalue weighted by molar-refractivity contribution is -0.127. The Kier molecular flexibility index (Phi) is 3.84. The van der Waals surface area contributed by atoms with Gasteiger partial charge in [0.15, 0.2) is 0 Å². The molecule has 4 heteroatoms. The van der Waals surface area contributed by atoms with E-state index in [1.54, 1.807) is 0 Å². The van der Waals surface area contributed by atoms with Gasteiger partial charge in [-0.15, -0.1) is 0 Å². The molecule has 1 rings (SSSR count). The molecule has 1 unspecified atom stereocenters. The molecule has 98 valence electrons. The molecule has 0 aromatic heterocycles. The first-order chi connectivity index (χ1) is 7.59. The summed E-state index contributed by atoms with van der Waals surface area (Å²) in [6.07, 6.45) is 1.96. The van der Waals surface area contributed by atoms with Crippen LogP contribution in [0.2, 0.25) is 0 Å². The second-order valence-electron chi connectivity index (χ2n) is 6.77. The summed E-state index contributed by atoms with van der Waals surface area (Å²) in [5.74, 6) is -0.0936. The van der Waals surface area contributed by atoms with E-state index in [0.29, 0.717) is 12.8 Å². The van der Waals surface area contributed by atoms with Gasteiger partial charge in [-0.05, 0) is 32.1 Å². The van der Waals surface area contributed by atoms with E-state index in [-0.39, 0.29) is 28.8 Å². The molecule has 1 saturated heterocycles. The minimum Gasteiger partial charge on any atom is -0.349 e. The summed E-state index contributed by atoms with van der Waals surface area (Å²) in [5, 5.41) is 5.71. The van der Waals surface area contributed by atoms with Gasteiger partial charge in [-0.3, -0.25) is 9.59 Å². The molecule has 17 heavy (non-hydrogen) atoms. The Hall–Kier alpha value is -1.06. The monoisotopic (exact) mass is 240 g/mol. The van der Waals surface area contributed by atoms with Gasteiger partial charge in [0.25, 0.3) is 0 Å². The van der Waals surface area contributed by atoms with Crippen molar-refractivity contribution in [2.45, 2.75) is 65.5 Å². The molecular formula is C13H24N2O2. The molecule has 0 aromatic carbocycles. The number of rotatable bonds is 3. The fourth-order valence-electron chi connectivity index (χ4n) is 2.60. The summed E-state index contributed by atoms with van der Waals surface area (Å²) in [5.41, 5.74) is -0.0850.